The van der Waals surface area contributed by atoms with Gasteiger partial charge < -0.3 is 10.1 Å². The maximum atomic E-state index is 12.8. The Morgan fingerprint density at radius 1 is 1.30 bits per heavy atom. The van der Waals surface area contributed by atoms with Gasteiger partial charge in [0.15, 0.2) is 0 Å². The van der Waals surface area contributed by atoms with Gasteiger partial charge in [0.2, 0.25) is 0 Å². The molecule has 0 bridgehead atoms. The first kappa shape index (κ1) is 16.3. The number of amides is 1. The van der Waals surface area contributed by atoms with Crippen LogP contribution >= 0.6 is 0 Å². The molecule has 1 aromatic rings. The standard InChI is InChI=1S/C13H15F4NO2/c1-3-20-10-6-4-9(5-7-10)8(2)18-12(19)13(16,17)11(14)15/h4-8,11H,3H2,1-2H3,(H,18,19). The molecule has 1 amide bonds. The summed E-state index contributed by atoms with van der Waals surface area (Å²) in [4.78, 5) is 11.1. The molecule has 7 heteroatoms. The van der Waals surface area contributed by atoms with Gasteiger partial charge in [-0.15, -0.1) is 0 Å². The van der Waals surface area contributed by atoms with E-state index in [9.17, 15) is 22.4 Å². The molecular weight excluding hydrogens is 278 g/mol. The van der Waals surface area contributed by atoms with Gasteiger partial charge in [0.25, 0.3) is 5.91 Å². The fourth-order valence-corrected chi connectivity index (χ4v) is 1.49. The monoisotopic (exact) mass is 293 g/mol. The molecule has 20 heavy (non-hydrogen) atoms. The summed E-state index contributed by atoms with van der Waals surface area (Å²) in [6, 6.07) is 5.52. The van der Waals surface area contributed by atoms with E-state index in [-0.39, 0.29) is 0 Å². The highest BCUT2D eigenvalue weighted by molar-refractivity contribution is 5.84. The van der Waals surface area contributed by atoms with Gasteiger partial charge >= 0.3 is 12.3 Å². The summed E-state index contributed by atoms with van der Waals surface area (Å²) in [6.07, 6.45) is -4.03. The number of ether oxygens (including phenoxy) is 1. The Morgan fingerprint density at radius 3 is 2.30 bits per heavy atom. The van der Waals surface area contributed by atoms with Gasteiger partial charge in [-0.25, -0.2) is 8.78 Å². The molecule has 1 unspecified atom stereocenters. The fourth-order valence-electron chi connectivity index (χ4n) is 1.49. The van der Waals surface area contributed by atoms with Crippen LogP contribution in [0.5, 0.6) is 5.75 Å². The Morgan fingerprint density at radius 2 is 1.85 bits per heavy atom. The van der Waals surface area contributed by atoms with E-state index >= 15 is 0 Å². The maximum absolute atomic E-state index is 12.8. The number of carbonyl (C=O) groups is 1. The summed E-state index contributed by atoms with van der Waals surface area (Å²) < 4.78 is 54.9. The van der Waals surface area contributed by atoms with Crippen LogP contribution in [0.3, 0.4) is 0 Å². The van der Waals surface area contributed by atoms with Gasteiger partial charge in [-0.3, -0.25) is 4.79 Å². The summed E-state index contributed by atoms with van der Waals surface area (Å²) in [6.45, 7) is 3.71. The van der Waals surface area contributed by atoms with E-state index in [0.717, 1.165) is 0 Å². The van der Waals surface area contributed by atoms with Crippen LogP contribution in [-0.4, -0.2) is 24.9 Å². The Balaban J connectivity index is 2.71. The van der Waals surface area contributed by atoms with Crippen LogP contribution in [-0.2, 0) is 4.79 Å². The van der Waals surface area contributed by atoms with Crippen LogP contribution in [0.1, 0.15) is 25.5 Å². The van der Waals surface area contributed by atoms with Gasteiger partial charge in [0, 0.05) is 0 Å². The Kier molecular flexibility index (Phi) is 5.35. The third-order valence-electron chi connectivity index (χ3n) is 2.62. The Bertz CT molecular complexity index is 448. The lowest BCUT2D eigenvalue weighted by atomic mass is 10.1. The predicted molar refractivity (Wildman–Crippen MR) is 65.1 cm³/mol. The van der Waals surface area contributed by atoms with E-state index in [1.165, 1.54) is 6.92 Å². The van der Waals surface area contributed by atoms with Gasteiger partial charge in [-0.1, -0.05) is 12.1 Å². The minimum Gasteiger partial charge on any atom is -0.494 e. The number of alkyl halides is 4. The third-order valence-corrected chi connectivity index (χ3v) is 2.62. The zero-order valence-corrected chi connectivity index (χ0v) is 11.0. The molecular formula is C13H15F4NO2. The maximum Gasteiger partial charge on any atom is 0.383 e. The molecule has 0 heterocycles. The molecule has 0 spiro atoms. The summed E-state index contributed by atoms with van der Waals surface area (Å²) in [7, 11) is 0. The number of halogens is 4. The molecule has 0 aromatic heterocycles. The quantitative estimate of drug-likeness (QED) is 0.818. The van der Waals surface area contributed by atoms with Gasteiger partial charge in [0.1, 0.15) is 5.75 Å². The second-order valence-electron chi connectivity index (χ2n) is 4.12. The summed E-state index contributed by atoms with van der Waals surface area (Å²) >= 11 is 0. The van der Waals surface area contributed by atoms with E-state index in [1.807, 2.05) is 12.2 Å². The smallest absolute Gasteiger partial charge is 0.383 e. The Labute approximate surface area is 113 Å². The topological polar surface area (TPSA) is 38.3 Å². The third kappa shape index (κ3) is 3.85. The SMILES string of the molecule is CCOc1ccc(C(C)NC(=O)C(F)(F)C(F)F)cc1. The lowest BCUT2D eigenvalue weighted by Gasteiger charge is -2.19. The van der Waals surface area contributed by atoms with Crippen molar-refractivity contribution in [2.24, 2.45) is 0 Å². The van der Waals surface area contributed by atoms with Crippen molar-refractivity contribution in [3.05, 3.63) is 29.8 Å². The molecule has 0 aliphatic carbocycles. The first-order chi connectivity index (χ1) is 9.28. The van der Waals surface area contributed by atoms with Crippen molar-refractivity contribution >= 4 is 5.91 Å². The van der Waals surface area contributed by atoms with E-state index in [2.05, 4.69) is 0 Å². The van der Waals surface area contributed by atoms with E-state index in [1.54, 1.807) is 24.3 Å². The Hall–Kier alpha value is -1.79. The highest BCUT2D eigenvalue weighted by Crippen LogP contribution is 2.25. The molecule has 3 nitrogen and oxygen atoms in total. The molecule has 0 radical (unpaired) electrons. The summed E-state index contributed by atoms with van der Waals surface area (Å²) in [5.74, 6) is -6.10. The minimum atomic E-state index is -4.69. The number of hydrogen-bond acceptors (Lipinski definition) is 2. The molecule has 1 atom stereocenters. The van der Waals surface area contributed by atoms with Crippen LogP contribution in [0.15, 0.2) is 24.3 Å². The molecule has 0 saturated carbocycles. The average molecular weight is 293 g/mol. The molecule has 1 N–H and O–H groups in total. The first-order valence-electron chi connectivity index (χ1n) is 5.98. The summed E-state index contributed by atoms with van der Waals surface area (Å²) in [5.41, 5.74) is 0.506. The van der Waals surface area contributed by atoms with Crippen molar-refractivity contribution in [3.63, 3.8) is 0 Å². The minimum absolute atomic E-state index is 0.478. The lowest BCUT2D eigenvalue weighted by Crippen LogP contribution is -2.45. The highest BCUT2D eigenvalue weighted by atomic mass is 19.3. The van der Waals surface area contributed by atoms with Crippen molar-refractivity contribution < 1.29 is 27.1 Å². The van der Waals surface area contributed by atoms with Crippen molar-refractivity contribution in [3.8, 4) is 5.75 Å². The molecule has 1 rings (SSSR count). The van der Waals surface area contributed by atoms with Crippen LogP contribution in [0.2, 0.25) is 0 Å². The predicted octanol–water partition coefficient (Wildman–Crippen LogP) is 3.16. The van der Waals surface area contributed by atoms with E-state index < -0.39 is 24.3 Å². The van der Waals surface area contributed by atoms with Crippen LogP contribution in [0, 0.1) is 0 Å². The van der Waals surface area contributed by atoms with Crippen LogP contribution in [0.4, 0.5) is 17.6 Å². The van der Waals surface area contributed by atoms with Crippen molar-refractivity contribution in [2.45, 2.75) is 32.2 Å². The molecule has 1 aromatic carbocycles. The van der Waals surface area contributed by atoms with Gasteiger partial charge in [-0.05, 0) is 31.5 Å². The number of hydrogen-bond donors (Lipinski definition) is 1. The zero-order chi connectivity index (χ0) is 15.3. The lowest BCUT2D eigenvalue weighted by molar-refractivity contribution is -0.170. The number of rotatable bonds is 6. The molecule has 0 aliphatic rings. The van der Waals surface area contributed by atoms with E-state index in [0.29, 0.717) is 17.9 Å². The second-order valence-corrected chi connectivity index (χ2v) is 4.12. The average Bonchev–Trinajstić information content (AvgIpc) is 2.39. The van der Waals surface area contributed by atoms with Crippen molar-refractivity contribution in [1.82, 2.24) is 5.32 Å². The van der Waals surface area contributed by atoms with Gasteiger partial charge in [0.05, 0.1) is 12.6 Å². The normalized spacial score (nSPS) is 13.2. The zero-order valence-electron chi connectivity index (χ0n) is 11.0. The largest absolute Gasteiger partial charge is 0.494 e. The number of carbonyl (C=O) groups excluding carboxylic acids is 1. The number of benzene rings is 1. The molecule has 112 valence electrons. The van der Waals surface area contributed by atoms with Crippen molar-refractivity contribution in [1.29, 1.82) is 0 Å². The van der Waals surface area contributed by atoms with Gasteiger partial charge in [-0.2, -0.15) is 8.78 Å². The first-order valence-corrected chi connectivity index (χ1v) is 5.98. The summed E-state index contributed by atoms with van der Waals surface area (Å²) in [5, 5.41) is 1.86. The molecule has 0 aliphatic heterocycles. The van der Waals surface area contributed by atoms with Crippen LogP contribution in [0.25, 0.3) is 0 Å². The number of nitrogens with one attached hydrogen (secondary N) is 1. The molecule has 0 fully saturated rings. The van der Waals surface area contributed by atoms with Crippen LogP contribution < -0.4 is 10.1 Å². The second kappa shape index (κ2) is 6.58. The van der Waals surface area contributed by atoms with E-state index in [4.69, 9.17) is 4.74 Å². The fraction of sp³-hybridized carbons (Fsp3) is 0.462. The highest BCUT2D eigenvalue weighted by Gasteiger charge is 2.49. The van der Waals surface area contributed by atoms with Crippen molar-refractivity contribution in [2.75, 3.05) is 6.61 Å². The molecule has 0 saturated heterocycles.